The molecule has 0 saturated carbocycles. The number of esters is 1. The molecule has 1 amide bonds. The predicted octanol–water partition coefficient (Wildman–Crippen LogP) is 1.50. The van der Waals surface area contributed by atoms with Crippen molar-refractivity contribution in [3.8, 4) is 0 Å². The molecule has 1 aromatic rings. The van der Waals surface area contributed by atoms with Gasteiger partial charge in [-0.3, -0.25) is 9.59 Å². The maximum Gasteiger partial charge on any atom is 0.311 e. The molecule has 1 fully saturated rings. The van der Waals surface area contributed by atoms with Gasteiger partial charge in [-0.15, -0.1) is 0 Å². The Hall–Kier alpha value is -2.05. The molecule has 1 aliphatic heterocycles. The molecule has 0 bridgehead atoms. The van der Waals surface area contributed by atoms with Crippen molar-refractivity contribution in [3.05, 3.63) is 35.1 Å². The summed E-state index contributed by atoms with van der Waals surface area (Å²) in [5.41, 5.74) is -0.200. The lowest BCUT2D eigenvalue weighted by atomic mass is 9.80. The zero-order valence-electron chi connectivity index (χ0n) is 10.6. The van der Waals surface area contributed by atoms with Gasteiger partial charge in [-0.05, 0) is 11.6 Å². The highest BCUT2D eigenvalue weighted by Crippen LogP contribution is 2.34. The molecule has 2 atom stereocenters. The van der Waals surface area contributed by atoms with Crippen LogP contribution in [-0.4, -0.2) is 25.5 Å². The Morgan fingerprint density at radius 1 is 1.25 bits per heavy atom. The highest BCUT2D eigenvalue weighted by molar-refractivity contribution is 5.83. The number of nitrogens with one attached hydrogen (secondary N) is 1. The average molecular weight is 287 g/mol. The van der Waals surface area contributed by atoms with Gasteiger partial charge in [0.05, 0.1) is 13.0 Å². The molecule has 1 unspecified atom stereocenters. The van der Waals surface area contributed by atoms with Crippen LogP contribution in [0.4, 0.5) is 13.2 Å². The number of methoxy groups -OCH3 is 1. The number of hydrogen-bond acceptors (Lipinski definition) is 3. The number of carbonyl (C=O) groups is 2. The Labute approximate surface area is 112 Å². The third kappa shape index (κ3) is 2.61. The minimum atomic E-state index is -1.32. The molecule has 1 aromatic carbocycles. The molecule has 0 aliphatic carbocycles. The number of amides is 1. The van der Waals surface area contributed by atoms with Crippen LogP contribution in [0.5, 0.6) is 0 Å². The van der Waals surface area contributed by atoms with Gasteiger partial charge in [0.15, 0.2) is 11.6 Å². The number of carbonyl (C=O) groups excluding carboxylic acids is 2. The van der Waals surface area contributed by atoms with Gasteiger partial charge in [-0.2, -0.15) is 0 Å². The summed E-state index contributed by atoms with van der Waals surface area (Å²) < 4.78 is 44.6. The smallest absolute Gasteiger partial charge is 0.311 e. The van der Waals surface area contributed by atoms with Gasteiger partial charge in [0.2, 0.25) is 5.91 Å². The molecular weight excluding hydrogens is 275 g/mol. The van der Waals surface area contributed by atoms with E-state index in [1.54, 1.807) is 0 Å². The number of hydrogen-bond donors (Lipinski definition) is 1. The second kappa shape index (κ2) is 5.52. The van der Waals surface area contributed by atoms with Crippen LogP contribution in [0.25, 0.3) is 0 Å². The van der Waals surface area contributed by atoms with E-state index >= 15 is 0 Å². The lowest BCUT2D eigenvalue weighted by molar-refractivity contribution is -0.147. The number of halogens is 3. The molecule has 0 aromatic heterocycles. The minimum absolute atomic E-state index is 0.0331. The Balaban J connectivity index is 2.43. The highest BCUT2D eigenvalue weighted by Gasteiger charge is 2.37. The first kappa shape index (κ1) is 14.4. The molecule has 2 rings (SSSR count). The zero-order valence-corrected chi connectivity index (χ0v) is 10.6. The van der Waals surface area contributed by atoms with E-state index in [2.05, 4.69) is 10.1 Å². The van der Waals surface area contributed by atoms with Crippen molar-refractivity contribution >= 4 is 11.9 Å². The van der Waals surface area contributed by atoms with Crippen molar-refractivity contribution in [2.24, 2.45) is 5.92 Å². The summed E-state index contributed by atoms with van der Waals surface area (Å²) >= 11 is 0. The van der Waals surface area contributed by atoms with E-state index < -0.39 is 35.3 Å². The van der Waals surface area contributed by atoms with Gasteiger partial charge in [0.1, 0.15) is 5.82 Å². The van der Waals surface area contributed by atoms with Crippen LogP contribution in [0.15, 0.2) is 12.1 Å². The molecule has 20 heavy (non-hydrogen) atoms. The fourth-order valence-electron chi connectivity index (χ4n) is 2.33. The Kier molecular flexibility index (Phi) is 3.96. The van der Waals surface area contributed by atoms with E-state index in [0.29, 0.717) is 12.1 Å². The largest absolute Gasteiger partial charge is 0.469 e. The molecular formula is C13H12F3NO3. The molecule has 108 valence electrons. The van der Waals surface area contributed by atoms with Crippen LogP contribution in [0, 0.1) is 23.4 Å². The molecule has 0 radical (unpaired) electrons. The SMILES string of the molecule is COC(=O)[C@H]1CNC(=O)CC1c1cc(F)c(F)cc1F. The van der Waals surface area contributed by atoms with E-state index in [0.717, 1.165) is 7.11 Å². The molecule has 4 nitrogen and oxygen atoms in total. The van der Waals surface area contributed by atoms with Crippen LogP contribution in [0.1, 0.15) is 17.9 Å². The van der Waals surface area contributed by atoms with Crippen LogP contribution in [-0.2, 0) is 14.3 Å². The topological polar surface area (TPSA) is 55.4 Å². The summed E-state index contributed by atoms with van der Waals surface area (Å²) in [5, 5.41) is 2.46. The standard InChI is InChI=1S/C13H12F3NO3/c1-20-13(19)8-5-17-12(18)3-6(8)7-2-10(15)11(16)4-9(7)14/h2,4,6,8H,3,5H2,1H3,(H,17,18)/t6?,8-/m0/s1. The summed E-state index contributed by atoms with van der Waals surface area (Å²) in [6.07, 6.45) is -0.193. The summed E-state index contributed by atoms with van der Waals surface area (Å²) in [6.45, 7) is -0.0331. The van der Waals surface area contributed by atoms with Crippen molar-refractivity contribution in [1.82, 2.24) is 5.32 Å². The summed E-state index contributed by atoms with van der Waals surface area (Å²) in [4.78, 5) is 23.1. The Bertz CT molecular complexity index is 562. The van der Waals surface area contributed by atoms with Gasteiger partial charge in [0, 0.05) is 24.9 Å². The fourth-order valence-corrected chi connectivity index (χ4v) is 2.33. The van der Waals surface area contributed by atoms with Gasteiger partial charge in [-0.25, -0.2) is 13.2 Å². The first-order chi connectivity index (χ1) is 9.43. The van der Waals surface area contributed by atoms with Gasteiger partial charge >= 0.3 is 5.97 Å². The maximum absolute atomic E-state index is 13.8. The normalized spacial score (nSPS) is 22.3. The second-order valence-corrected chi connectivity index (χ2v) is 4.53. The number of benzene rings is 1. The van der Waals surface area contributed by atoms with E-state index in [-0.39, 0.29) is 24.4 Å². The lowest BCUT2D eigenvalue weighted by Crippen LogP contribution is -2.43. The summed E-state index contributed by atoms with van der Waals surface area (Å²) in [7, 11) is 1.16. The quantitative estimate of drug-likeness (QED) is 0.662. The van der Waals surface area contributed by atoms with E-state index in [1.807, 2.05) is 0 Å². The van der Waals surface area contributed by atoms with Crippen molar-refractivity contribution in [1.29, 1.82) is 0 Å². The van der Waals surface area contributed by atoms with Crippen LogP contribution in [0.3, 0.4) is 0 Å². The van der Waals surface area contributed by atoms with Crippen LogP contribution < -0.4 is 5.32 Å². The van der Waals surface area contributed by atoms with Gasteiger partial charge in [0.25, 0.3) is 0 Å². The zero-order chi connectivity index (χ0) is 14.9. The van der Waals surface area contributed by atoms with Crippen LogP contribution >= 0.6 is 0 Å². The molecule has 7 heteroatoms. The van der Waals surface area contributed by atoms with E-state index in [4.69, 9.17) is 0 Å². The lowest BCUT2D eigenvalue weighted by Gasteiger charge is -2.30. The first-order valence-electron chi connectivity index (χ1n) is 5.93. The minimum Gasteiger partial charge on any atom is -0.469 e. The fraction of sp³-hybridized carbons (Fsp3) is 0.385. The van der Waals surface area contributed by atoms with E-state index in [9.17, 15) is 22.8 Å². The van der Waals surface area contributed by atoms with Crippen LogP contribution in [0.2, 0.25) is 0 Å². The number of ether oxygens (including phenoxy) is 1. The van der Waals surface area contributed by atoms with Gasteiger partial charge < -0.3 is 10.1 Å². The third-order valence-electron chi connectivity index (χ3n) is 3.35. The molecule has 0 spiro atoms. The maximum atomic E-state index is 13.8. The average Bonchev–Trinajstić information content (AvgIpc) is 2.42. The molecule has 1 heterocycles. The third-order valence-corrected chi connectivity index (χ3v) is 3.35. The van der Waals surface area contributed by atoms with Crippen molar-refractivity contribution < 1.29 is 27.5 Å². The Morgan fingerprint density at radius 2 is 1.90 bits per heavy atom. The van der Waals surface area contributed by atoms with Crippen molar-refractivity contribution in [2.45, 2.75) is 12.3 Å². The highest BCUT2D eigenvalue weighted by atomic mass is 19.2. The molecule has 1 N–H and O–H groups in total. The van der Waals surface area contributed by atoms with Gasteiger partial charge in [-0.1, -0.05) is 0 Å². The Morgan fingerprint density at radius 3 is 2.55 bits per heavy atom. The second-order valence-electron chi connectivity index (χ2n) is 4.53. The number of piperidine rings is 1. The predicted molar refractivity (Wildman–Crippen MR) is 62.2 cm³/mol. The summed E-state index contributed by atoms with van der Waals surface area (Å²) in [6, 6.07) is 1.09. The molecule has 1 aliphatic rings. The number of rotatable bonds is 2. The van der Waals surface area contributed by atoms with E-state index in [1.165, 1.54) is 0 Å². The van der Waals surface area contributed by atoms with Crippen molar-refractivity contribution in [2.75, 3.05) is 13.7 Å². The summed E-state index contributed by atoms with van der Waals surface area (Å²) in [5.74, 6) is -6.28. The monoisotopic (exact) mass is 287 g/mol. The van der Waals surface area contributed by atoms with Crippen molar-refractivity contribution in [3.63, 3.8) is 0 Å². The first-order valence-corrected chi connectivity index (χ1v) is 5.93. The molecule has 1 saturated heterocycles.